The van der Waals surface area contributed by atoms with Gasteiger partial charge in [0.15, 0.2) is 18.1 Å². The molecule has 0 heterocycles. The van der Waals surface area contributed by atoms with Crippen molar-refractivity contribution >= 4 is 75.1 Å². The van der Waals surface area contributed by atoms with Crippen molar-refractivity contribution in [3.05, 3.63) is 84.9 Å². The van der Waals surface area contributed by atoms with Gasteiger partial charge >= 0.3 is 6.18 Å². The zero-order chi connectivity index (χ0) is 28.7. The maximum Gasteiger partial charge on any atom is 0.416 e. The number of alkyl halides is 3. The van der Waals surface area contributed by atoms with Gasteiger partial charge in [-0.25, -0.2) is 0 Å². The number of rotatable bonds is 8. The highest BCUT2D eigenvalue weighted by atomic mass is 127. The highest BCUT2D eigenvalue weighted by molar-refractivity contribution is 14.1. The molecule has 13 heteroatoms. The number of carbonyl (C=O) groups excluding carboxylic acids is 2. The van der Waals surface area contributed by atoms with E-state index in [9.17, 15) is 28.0 Å². The predicted octanol–water partition coefficient (Wildman–Crippen LogP) is 7.19. The minimum absolute atomic E-state index is 0.119. The number of anilines is 2. The molecule has 3 aromatic carbocycles. The van der Waals surface area contributed by atoms with Gasteiger partial charge in [0.05, 0.1) is 26.3 Å². The van der Waals surface area contributed by atoms with Gasteiger partial charge in [-0.2, -0.15) is 18.4 Å². The molecular weight excluding hydrogens is 673 g/mol. The molecule has 0 saturated heterocycles. The zero-order valence-electron chi connectivity index (χ0n) is 19.8. The van der Waals surface area contributed by atoms with Crippen molar-refractivity contribution in [3.63, 3.8) is 0 Å². The molecule has 3 aromatic rings. The Bertz CT molecular complexity index is 1490. The maximum atomic E-state index is 13.0. The van der Waals surface area contributed by atoms with Crippen LogP contribution in [0.2, 0.25) is 10.0 Å². The standard InChI is InChI=1S/C26H17Cl2F3IN3O4/c1-38-22-9-14(7-15(12-33)25(37)35-17-4-2-3-16(10-17)26(29,30)31)8-21(32)24(22)39-13-23(36)34-18-5-6-19(27)20(28)11-18/h2-11H,13H2,1H3,(H,34,36)(H,35,37)/b15-7+. The second kappa shape index (κ2) is 13.1. The summed E-state index contributed by atoms with van der Waals surface area (Å²) in [6.45, 7) is -0.370. The lowest BCUT2D eigenvalue weighted by Crippen LogP contribution is -2.20. The summed E-state index contributed by atoms with van der Waals surface area (Å²) in [6.07, 6.45) is -3.34. The Morgan fingerprint density at radius 1 is 1.05 bits per heavy atom. The van der Waals surface area contributed by atoms with E-state index in [1.54, 1.807) is 18.2 Å². The number of nitrogens with one attached hydrogen (secondary N) is 2. The fraction of sp³-hybridized carbons (Fsp3) is 0.115. The van der Waals surface area contributed by atoms with Crippen LogP contribution in [0.15, 0.2) is 60.2 Å². The summed E-state index contributed by atoms with van der Waals surface area (Å²) in [5.41, 5.74) is -0.624. The molecule has 2 N–H and O–H groups in total. The van der Waals surface area contributed by atoms with Gasteiger partial charge in [-0.15, -0.1) is 0 Å². The van der Waals surface area contributed by atoms with E-state index in [-0.39, 0.29) is 34.4 Å². The van der Waals surface area contributed by atoms with Gasteiger partial charge < -0.3 is 20.1 Å². The number of carbonyl (C=O) groups is 2. The van der Waals surface area contributed by atoms with Crippen molar-refractivity contribution in [2.45, 2.75) is 6.18 Å². The molecule has 3 rings (SSSR count). The molecule has 0 aromatic heterocycles. The molecule has 0 spiro atoms. The molecule has 0 fully saturated rings. The highest BCUT2D eigenvalue weighted by Crippen LogP contribution is 2.35. The smallest absolute Gasteiger partial charge is 0.416 e. The Kier molecular flexibility index (Phi) is 10.1. The third-order valence-electron chi connectivity index (χ3n) is 4.93. The summed E-state index contributed by atoms with van der Waals surface area (Å²) in [5, 5.41) is 15.0. The zero-order valence-corrected chi connectivity index (χ0v) is 23.5. The van der Waals surface area contributed by atoms with Gasteiger partial charge in [-0.1, -0.05) is 29.3 Å². The van der Waals surface area contributed by atoms with Crippen LogP contribution in [0.4, 0.5) is 24.5 Å². The monoisotopic (exact) mass is 689 g/mol. The first kappa shape index (κ1) is 30.1. The van der Waals surface area contributed by atoms with Crippen molar-refractivity contribution < 1.29 is 32.2 Å². The molecule has 2 amide bonds. The molecular formula is C26H17Cl2F3IN3O4. The predicted molar refractivity (Wildman–Crippen MR) is 150 cm³/mol. The first-order chi connectivity index (χ1) is 18.4. The van der Waals surface area contributed by atoms with Gasteiger partial charge in [0.25, 0.3) is 11.8 Å². The first-order valence-corrected chi connectivity index (χ1v) is 12.6. The summed E-state index contributed by atoms with van der Waals surface area (Å²) in [7, 11) is 1.37. The first-order valence-electron chi connectivity index (χ1n) is 10.8. The molecule has 0 aliphatic rings. The Balaban J connectivity index is 1.74. The quantitative estimate of drug-likeness (QED) is 0.148. The molecule has 0 unspecified atom stereocenters. The van der Waals surface area contributed by atoms with Crippen LogP contribution >= 0.6 is 45.8 Å². The van der Waals surface area contributed by atoms with E-state index >= 15 is 0 Å². The van der Waals surface area contributed by atoms with Crippen LogP contribution in [0.3, 0.4) is 0 Å². The molecule has 0 bridgehead atoms. The van der Waals surface area contributed by atoms with Crippen LogP contribution in [-0.2, 0) is 15.8 Å². The number of amides is 2. The normalized spacial score (nSPS) is 11.4. The van der Waals surface area contributed by atoms with Gasteiger partial charge in [-0.3, -0.25) is 9.59 Å². The van der Waals surface area contributed by atoms with Crippen molar-refractivity contribution in [2.75, 3.05) is 24.4 Å². The van der Waals surface area contributed by atoms with E-state index in [1.807, 2.05) is 22.6 Å². The van der Waals surface area contributed by atoms with E-state index in [0.29, 0.717) is 19.8 Å². The molecule has 0 radical (unpaired) electrons. The fourth-order valence-electron chi connectivity index (χ4n) is 3.16. The Morgan fingerprint density at radius 2 is 1.77 bits per heavy atom. The number of halogens is 6. The Labute approximate surface area is 244 Å². The van der Waals surface area contributed by atoms with E-state index in [1.165, 1.54) is 37.5 Å². The van der Waals surface area contributed by atoms with Gasteiger partial charge in [0, 0.05) is 11.4 Å². The molecule has 0 aliphatic heterocycles. The summed E-state index contributed by atoms with van der Waals surface area (Å²) < 4.78 is 50.3. The van der Waals surface area contributed by atoms with Gasteiger partial charge in [-0.05, 0) is 82.8 Å². The van der Waals surface area contributed by atoms with Gasteiger partial charge in [0.2, 0.25) is 0 Å². The minimum Gasteiger partial charge on any atom is -0.493 e. The fourth-order valence-corrected chi connectivity index (χ4v) is 4.24. The van der Waals surface area contributed by atoms with Crippen molar-refractivity contribution in [1.82, 2.24) is 0 Å². The Hall–Kier alpha value is -3.47. The lowest BCUT2D eigenvalue weighted by Gasteiger charge is -2.14. The number of hydrogen-bond donors (Lipinski definition) is 2. The SMILES string of the molecule is COc1cc(/C=C(\C#N)C(=O)Nc2cccc(C(F)(F)F)c2)cc(I)c1OCC(=O)Nc1ccc(Cl)c(Cl)c1. The molecule has 202 valence electrons. The van der Waals surface area contributed by atoms with Gasteiger partial charge in [0.1, 0.15) is 11.6 Å². The van der Waals surface area contributed by atoms with Crippen LogP contribution in [0.5, 0.6) is 11.5 Å². The third-order valence-corrected chi connectivity index (χ3v) is 6.47. The van der Waals surface area contributed by atoms with Crippen LogP contribution < -0.4 is 20.1 Å². The largest absolute Gasteiger partial charge is 0.493 e. The van der Waals surface area contributed by atoms with Crippen LogP contribution in [0.25, 0.3) is 6.08 Å². The number of nitrogens with zero attached hydrogens (tertiary/aromatic N) is 1. The number of hydrogen-bond acceptors (Lipinski definition) is 5. The number of ether oxygens (including phenoxy) is 2. The lowest BCUT2D eigenvalue weighted by atomic mass is 10.1. The van der Waals surface area contributed by atoms with Crippen LogP contribution in [-0.4, -0.2) is 25.5 Å². The summed E-state index contributed by atoms with van der Waals surface area (Å²) >= 11 is 13.8. The Morgan fingerprint density at radius 3 is 2.41 bits per heavy atom. The van der Waals surface area contributed by atoms with Crippen molar-refractivity contribution in [1.29, 1.82) is 5.26 Å². The van der Waals surface area contributed by atoms with Crippen LogP contribution in [0.1, 0.15) is 11.1 Å². The number of benzene rings is 3. The van der Waals surface area contributed by atoms with E-state index in [2.05, 4.69) is 10.6 Å². The number of methoxy groups -OCH3 is 1. The average Bonchev–Trinajstić information content (AvgIpc) is 2.88. The molecule has 7 nitrogen and oxygen atoms in total. The summed E-state index contributed by atoms with van der Waals surface area (Å²) in [6, 6.07) is 13.4. The third kappa shape index (κ3) is 8.26. The second-order valence-corrected chi connectivity index (χ2v) is 9.68. The lowest BCUT2D eigenvalue weighted by molar-refractivity contribution is -0.137. The second-order valence-electron chi connectivity index (χ2n) is 7.70. The maximum absolute atomic E-state index is 13.0. The number of nitriles is 1. The van der Waals surface area contributed by atoms with E-state index in [4.69, 9.17) is 32.7 Å². The average molecular weight is 690 g/mol. The van der Waals surface area contributed by atoms with Crippen molar-refractivity contribution in [3.8, 4) is 17.6 Å². The minimum atomic E-state index is -4.59. The van der Waals surface area contributed by atoms with Crippen molar-refractivity contribution in [2.24, 2.45) is 0 Å². The van der Waals surface area contributed by atoms with Crippen LogP contribution in [0, 0.1) is 14.9 Å². The topological polar surface area (TPSA) is 100 Å². The van der Waals surface area contributed by atoms with E-state index < -0.39 is 23.6 Å². The molecule has 39 heavy (non-hydrogen) atoms. The summed E-state index contributed by atoms with van der Waals surface area (Å²) in [5.74, 6) is -0.920. The molecule has 0 saturated carbocycles. The summed E-state index contributed by atoms with van der Waals surface area (Å²) in [4.78, 5) is 24.9. The van der Waals surface area contributed by atoms with E-state index in [0.717, 1.165) is 18.2 Å². The molecule has 0 aliphatic carbocycles. The molecule has 0 atom stereocenters. The highest BCUT2D eigenvalue weighted by Gasteiger charge is 2.30.